The van der Waals surface area contributed by atoms with E-state index in [9.17, 15) is 0 Å². The summed E-state index contributed by atoms with van der Waals surface area (Å²) in [7, 11) is 0. The molecular formula is C9H13ClN4S. The van der Waals surface area contributed by atoms with Crippen LogP contribution in [0, 0.1) is 11.8 Å². The fourth-order valence-corrected chi connectivity index (χ4v) is 3.20. The number of hydrogen-bond acceptors (Lipinski definition) is 5. The van der Waals surface area contributed by atoms with E-state index in [-0.39, 0.29) is 0 Å². The summed E-state index contributed by atoms with van der Waals surface area (Å²) < 4.78 is 4.60. The molecule has 0 aromatic carbocycles. The predicted octanol–water partition coefficient (Wildman–Crippen LogP) is 0.843. The van der Waals surface area contributed by atoms with Gasteiger partial charge in [-0.2, -0.15) is 0 Å². The van der Waals surface area contributed by atoms with Gasteiger partial charge in [-0.1, -0.05) is 16.1 Å². The Bertz CT molecular complexity index is 344. The number of hydrogen-bond donors (Lipinski definition) is 1. The Kier molecular flexibility index (Phi) is 2.64. The van der Waals surface area contributed by atoms with Crippen molar-refractivity contribution in [3.05, 3.63) is 10.0 Å². The van der Waals surface area contributed by atoms with E-state index in [2.05, 4.69) is 19.8 Å². The van der Waals surface area contributed by atoms with E-state index in [1.807, 2.05) is 0 Å². The quantitative estimate of drug-likeness (QED) is 0.837. The molecule has 1 N–H and O–H groups in total. The van der Waals surface area contributed by atoms with Gasteiger partial charge in [0.1, 0.15) is 10.0 Å². The maximum absolute atomic E-state index is 5.99. The third-order valence-corrected chi connectivity index (χ3v) is 4.33. The van der Waals surface area contributed by atoms with Crippen LogP contribution >= 0.6 is 23.1 Å². The largest absolute Gasteiger partial charge is 0.316 e. The lowest BCUT2D eigenvalue weighted by atomic mass is 10.0. The van der Waals surface area contributed by atoms with E-state index in [1.165, 1.54) is 37.7 Å². The van der Waals surface area contributed by atoms with Gasteiger partial charge in [-0.15, -0.1) is 5.10 Å². The number of fused-ring (bicyclic) bond motifs is 1. The van der Waals surface area contributed by atoms with E-state index in [4.69, 9.17) is 11.6 Å². The van der Waals surface area contributed by atoms with Crippen LogP contribution in [0.25, 0.3) is 0 Å². The Balaban J connectivity index is 1.64. The van der Waals surface area contributed by atoms with Crippen molar-refractivity contribution in [2.75, 3.05) is 26.2 Å². The molecule has 0 amide bonds. The second kappa shape index (κ2) is 3.97. The topological polar surface area (TPSA) is 41.1 Å². The van der Waals surface area contributed by atoms with Crippen molar-refractivity contribution in [3.8, 4) is 0 Å². The minimum absolute atomic E-state index is 0.741. The average Bonchev–Trinajstić information content (AvgIpc) is 2.83. The second-order valence-electron chi connectivity index (χ2n) is 4.37. The van der Waals surface area contributed by atoms with E-state index in [1.54, 1.807) is 0 Å². The van der Waals surface area contributed by atoms with Crippen molar-refractivity contribution in [3.63, 3.8) is 0 Å². The lowest BCUT2D eigenvalue weighted by molar-refractivity contribution is 0.302. The molecule has 0 aliphatic carbocycles. The predicted molar refractivity (Wildman–Crippen MR) is 60.0 cm³/mol. The van der Waals surface area contributed by atoms with Crippen LogP contribution in [0.1, 0.15) is 5.69 Å². The molecule has 4 nitrogen and oxygen atoms in total. The third-order valence-electron chi connectivity index (χ3n) is 3.35. The standard InChI is InChI=1S/C9H13ClN4S/c10-9-8(12-13-15-9)5-14-3-6-1-11-2-7(6)4-14/h6-7,11H,1-5H2/t6-,7+. The summed E-state index contributed by atoms with van der Waals surface area (Å²) in [5, 5.41) is 7.49. The number of nitrogens with zero attached hydrogens (tertiary/aromatic N) is 3. The molecule has 2 fully saturated rings. The minimum Gasteiger partial charge on any atom is -0.316 e. The second-order valence-corrected chi connectivity index (χ2v) is 5.72. The van der Waals surface area contributed by atoms with Gasteiger partial charge in [0.25, 0.3) is 0 Å². The summed E-state index contributed by atoms with van der Waals surface area (Å²) in [6.45, 7) is 5.55. The Labute approximate surface area is 97.8 Å². The van der Waals surface area contributed by atoms with Crippen molar-refractivity contribution >= 4 is 23.1 Å². The van der Waals surface area contributed by atoms with Gasteiger partial charge in [-0.25, -0.2) is 0 Å². The number of likely N-dealkylation sites (tertiary alicyclic amines) is 1. The summed E-state index contributed by atoms with van der Waals surface area (Å²) in [6.07, 6.45) is 0. The average molecular weight is 245 g/mol. The van der Waals surface area contributed by atoms with Crippen molar-refractivity contribution in [1.29, 1.82) is 0 Å². The third kappa shape index (κ3) is 1.89. The van der Waals surface area contributed by atoms with Crippen LogP contribution in [-0.4, -0.2) is 40.7 Å². The van der Waals surface area contributed by atoms with Crippen molar-refractivity contribution in [2.45, 2.75) is 6.54 Å². The van der Waals surface area contributed by atoms with E-state index in [0.717, 1.165) is 28.4 Å². The summed E-state index contributed by atoms with van der Waals surface area (Å²) in [6, 6.07) is 0. The first-order valence-electron chi connectivity index (χ1n) is 5.22. The van der Waals surface area contributed by atoms with Crippen LogP contribution in [0.15, 0.2) is 0 Å². The maximum Gasteiger partial charge on any atom is 0.138 e. The highest BCUT2D eigenvalue weighted by atomic mass is 35.5. The van der Waals surface area contributed by atoms with Crippen LogP contribution in [-0.2, 0) is 6.54 Å². The molecule has 3 heterocycles. The monoisotopic (exact) mass is 244 g/mol. The molecule has 0 unspecified atom stereocenters. The molecular weight excluding hydrogens is 232 g/mol. The van der Waals surface area contributed by atoms with E-state index >= 15 is 0 Å². The van der Waals surface area contributed by atoms with Crippen LogP contribution in [0.5, 0.6) is 0 Å². The molecule has 2 aliphatic rings. The van der Waals surface area contributed by atoms with Gasteiger partial charge in [0.2, 0.25) is 0 Å². The molecule has 3 rings (SSSR count). The maximum atomic E-state index is 5.99. The summed E-state index contributed by atoms with van der Waals surface area (Å²) in [5.74, 6) is 1.66. The Morgan fingerprint density at radius 2 is 2.13 bits per heavy atom. The van der Waals surface area contributed by atoms with Gasteiger partial charge in [-0.05, 0) is 24.9 Å². The molecule has 1 aromatic rings. The lowest BCUT2D eigenvalue weighted by Gasteiger charge is -2.14. The van der Waals surface area contributed by atoms with Gasteiger partial charge in [-0.3, -0.25) is 4.90 Å². The molecule has 0 bridgehead atoms. The van der Waals surface area contributed by atoms with Crippen LogP contribution in [0.3, 0.4) is 0 Å². The SMILES string of the molecule is Clc1snnc1CN1C[C@H]2CNC[C@H]2C1. The van der Waals surface area contributed by atoms with Crippen molar-refractivity contribution < 1.29 is 0 Å². The number of rotatable bonds is 2. The molecule has 2 atom stereocenters. The van der Waals surface area contributed by atoms with Gasteiger partial charge < -0.3 is 5.32 Å². The molecule has 2 saturated heterocycles. The summed E-state index contributed by atoms with van der Waals surface area (Å²) >= 11 is 7.27. The smallest absolute Gasteiger partial charge is 0.138 e. The zero-order valence-corrected chi connectivity index (χ0v) is 9.89. The Hall–Kier alpha value is -0.230. The molecule has 0 saturated carbocycles. The lowest BCUT2D eigenvalue weighted by Crippen LogP contribution is -2.25. The summed E-state index contributed by atoms with van der Waals surface area (Å²) in [4.78, 5) is 2.44. The fourth-order valence-electron chi connectivity index (χ4n) is 2.58. The zero-order chi connectivity index (χ0) is 10.3. The van der Waals surface area contributed by atoms with Gasteiger partial charge >= 0.3 is 0 Å². The molecule has 15 heavy (non-hydrogen) atoms. The first kappa shape index (κ1) is 9.96. The van der Waals surface area contributed by atoms with Gasteiger partial charge in [0.05, 0.1) is 0 Å². The van der Waals surface area contributed by atoms with Crippen molar-refractivity contribution in [1.82, 2.24) is 19.8 Å². The number of nitrogens with one attached hydrogen (secondary N) is 1. The van der Waals surface area contributed by atoms with E-state index in [0.29, 0.717) is 0 Å². The normalized spacial score (nSPS) is 31.0. The highest BCUT2D eigenvalue weighted by Gasteiger charge is 2.36. The first-order valence-corrected chi connectivity index (χ1v) is 6.38. The highest BCUT2D eigenvalue weighted by Crippen LogP contribution is 2.28. The molecule has 82 valence electrons. The molecule has 6 heteroatoms. The van der Waals surface area contributed by atoms with Crippen LogP contribution < -0.4 is 5.32 Å². The van der Waals surface area contributed by atoms with Crippen LogP contribution in [0.4, 0.5) is 0 Å². The number of aromatic nitrogens is 2. The highest BCUT2D eigenvalue weighted by molar-refractivity contribution is 7.10. The molecule has 1 aromatic heterocycles. The summed E-state index contributed by atoms with van der Waals surface area (Å²) in [5.41, 5.74) is 0.939. The first-order chi connectivity index (χ1) is 7.33. The molecule has 2 aliphatic heterocycles. The fraction of sp³-hybridized carbons (Fsp3) is 0.778. The Morgan fingerprint density at radius 1 is 1.40 bits per heavy atom. The van der Waals surface area contributed by atoms with Gasteiger partial charge in [0, 0.05) is 31.2 Å². The van der Waals surface area contributed by atoms with E-state index < -0.39 is 0 Å². The van der Waals surface area contributed by atoms with Gasteiger partial charge in [0.15, 0.2) is 0 Å². The minimum atomic E-state index is 0.741. The van der Waals surface area contributed by atoms with Crippen LogP contribution in [0.2, 0.25) is 4.34 Å². The van der Waals surface area contributed by atoms with Crippen molar-refractivity contribution in [2.24, 2.45) is 11.8 Å². The zero-order valence-electron chi connectivity index (χ0n) is 8.32. The number of halogens is 1. The molecule has 0 spiro atoms. The Morgan fingerprint density at radius 3 is 2.73 bits per heavy atom. The molecule has 0 radical (unpaired) electrons.